The van der Waals surface area contributed by atoms with Crippen LogP contribution in [0.1, 0.15) is 26.3 Å². The Bertz CT molecular complexity index is 601. The number of nitrogens with zero attached hydrogens (tertiary/aromatic N) is 3. The molecular formula is C13H16BrN3O2. The van der Waals surface area contributed by atoms with Crippen molar-refractivity contribution < 1.29 is 9.63 Å². The van der Waals surface area contributed by atoms with E-state index in [0.29, 0.717) is 5.52 Å². The van der Waals surface area contributed by atoms with Crippen LogP contribution < -0.4 is 4.84 Å². The molecule has 2 rings (SSSR count). The predicted molar refractivity (Wildman–Crippen MR) is 76.1 cm³/mol. The highest BCUT2D eigenvalue weighted by atomic mass is 79.9. The highest BCUT2D eigenvalue weighted by Crippen LogP contribution is 2.17. The van der Waals surface area contributed by atoms with Crippen molar-refractivity contribution in [2.24, 2.45) is 5.41 Å². The number of aromatic nitrogens is 3. The number of hydrogen-bond acceptors (Lipinski definition) is 4. The third-order valence-electron chi connectivity index (χ3n) is 2.64. The van der Waals surface area contributed by atoms with E-state index in [9.17, 15) is 4.79 Å². The molecule has 0 saturated heterocycles. The summed E-state index contributed by atoms with van der Waals surface area (Å²) in [5, 5.41) is 8.77. The van der Waals surface area contributed by atoms with Crippen LogP contribution in [0.15, 0.2) is 18.2 Å². The molecule has 0 aliphatic rings. The summed E-state index contributed by atoms with van der Waals surface area (Å²) in [5.41, 5.74) is 2.00. The number of halogens is 1. The molecule has 1 heterocycles. The largest absolute Gasteiger partial charge is 0.340 e. The summed E-state index contributed by atoms with van der Waals surface area (Å²) in [6.45, 7) is 5.38. The predicted octanol–water partition coefficient (Wildman–Crippen LogP) is 2.37. The van der Waals surface area contributed by atoms with Crippen LogP contribution in [0.5, 0.6) is 0 Å². The fourth-order valence-electron chi connectivity index (χ4n) is 1.50. The lowest BCUT2D eigenvalue weighted by Gasteiger charge is -2.15. The minimum atomic E-state index is -0.575. The first-order valence-corrected chi connectivity index (χ1v) is 7.17. The molecule has 0 radical (unpaired) electrons. The molecule has 0 amide bonds. The Morgan fingerprint density at radius 1 is 1.42 bits per heavy atom. The van der Waals surface area contributed by atoms with Crippen molar-refractivity contribution in [3.05, 3.63) is 23.8 Å². The average molecular weight is 326 g/mol. The summed E-state index contributed by atoms with van der Waals surface area (Å²) < 4.78 is 0. The molecule has 19 heavy (non-hydrogen) atoms. The van der Waals surface area contributed by atoms with Crippen molar-refractivity contribution in [2.45, 2.75) is 27.2 Å². The summed E-state index contributed by atoms with van der Waals surface area (Å²) in [7, 11) is 0. The smallest absolute Gasteiger partial charge is 0.317 e. The molecule has 0 unspecified atom stereocenters. The van der Waals surface area contributed by atoms with E-state index in [2.05, 4.69) is 26.2 Å². The van der Waals surface area contributed by atoms with E-state index in [4.69, 9.17) is 4.84 Å². The Morgan fingerprint density at radius 2 is 2.16 bits per heavy atom. The van der Waals surface area contributed by atoms with Crippen molar-refractivity contribution in [1.82, 2.24) is 15.2 Å². The molecule has 102 valence electrons. The normalized spacial score (nSPS) is 11.8. The fraction of sp³-hybridized carbons (Fsp3) is 0.462. The van der Waals surface area contributed by atoms with Gasteiger partial charge in [0.2, 0.25) is 0 Å². The number of alkyl halides is 1. The molecule has 0 fully saturated rings. The van der Waals surface area contributed by atoms with Gasteiger partial charge < -0.3 is 4.84 Å². The summed E-state index contributed by atoms with van der Waals surface area (Å²) in [4.78, 5) is 18.2. The number of carbonyl (C=O) groups is 1. The molecule has 0 atom stereocenters. The number of aryl methyl sites for hydroxylation is 1. The fourth-order valence-corrected chi connectivity index (χ4v) is 1.95. The molecule has 0 N–H and O–H groups in total. The van der Waals surface area contributed by atoms with E-state index in [1.807, 2.05) is 18.2 Å². The Hall–Kier alpha value is -1.43. The van der Waals surface area contributed by atoms with Gasteiger partial charge in [-0.2, -0.15) is 0 Å². The molecule has 0 saturated carbocycles. The van der Waals surface area contributed by atoms with Gasteiger partial charge in [-0.15, -0.1) is 5.10 Å². The summed E-state index contributed by atoms with van der Waals surface area (Å²) >= 11 is 3.40. The number of benzene rings is 1. The maximum Gasteiger partial charge on any atom is 0.340 e. The third kappa shape index (κ3) is 3.12. The minimum absolute atomic E-state index is 0.344. The van der Waals surface area contributed by atoms with Gasteiger partial charge in [-0.05, 0) is 50.1 Å². The van der Waals surface area contributed by atoms with Crippen LogP contribution >= 0.6 is 15.9 Å². The lowest BCUT2D eigenvalue weighted by Crippen LogP contribution is -2.31. The topological polar surface area (TPSA) is 57.0 Å². The first kappa shape index (κ1) is 14.0. The van der Waals surface area contributed by atoms with E-state index < -0.39 is 5.41 Å². The Kier molecular flexibility index (Phi) is 3.89. The maximum absolute atomic E-state index is 11.8. The van der Waals surface area contributed by atoms with Gasteiger partial charge >= 0.3 is 5.97 Å². The van der Waals surface area contributed by atoms with Gasteiger partial charge in [-0.1, -0.05) is 26.8 Å². The maximum atomic E-state index is 11.8. The Labute approximate surface area is 120 Å². The van der Waals surface area contributed by atoms with Gasteiger partial charge in [-0.3, -0.25) is 0 Å². The van der Waals surface area contributed by atoms with Crippen LogP contribution in [-0.4, -0.2) is 26.5 Å². The molecule has 1 aromatic heterocycles. The zero-order valence-corrected chi connectivity index (χ0v) is 12.8. The molecule has 5 nitrogen and oxygen atoms in total. The summed E-state index contributed by atoms with van der Waals surface area (Å²) in [6.07, 6.45) is 0.921. The van der Waals surface area contributed by atoms with Gasteiger partial charge in [-0.25, -0.2) is 4.79 Å². The molecule has 2 aromatic rings. The Morgan fingerprint density at radius 3 is 2.79 bits per heavy atom. The molecule has 1 aromatic carbocycles. The number of hydrogen-bond donors (Lipinski definition) is 0. The molecule has 0 aliphatic heterocycles. The highest BCUT2D eigenvalue weighted by molar-refractivity contribution is 9.09. The molecule has 0 spiro atoms. The van der Waals surface area contributed by atoms with Crippen molar-refractivity contribution in [3.63, 3.8) is 0 Å². The van der Waals surface area contributed by atoms with Crippen molar-refractivity contribution in [2.75, 3.05) is 5.33 Å². The van der Waals surface area contributed by atoms with Crippen molar-refractivity contribution in [1.29, 1.82) is 0 Å². The van der Waals surface area contributed by atoms with Crippen LogP contribution in [0, 0.1) is 5.41 Å². The number of carbonyl (C=O) groups excluding carboxylic acids is 1. The van der Waals surface area contributed by atoms with E-state index in [-0.39, 0.29) is 5.97 Å². The van der Waals surface area contributed by atoms with Gasteiger partial charge in [0.1, 0.15) is 11.0 Å². The van der Waals surface area contributed by atoms with E-state index in [1.165, 1.54) is 10.4 Å². The van der Waals surface area contributed by atoms with Gasteiger partial charge in [0.25, 0.3) is 0 Å². The second kappa shape index (κ2) is 5.28. The van der Waals surface area contributed by atoms with Gasteiger partial charge in [0, 0.05) is 5.33 Å². The second-order valence-electron chi connectivity index (χ2n) is 5.35. The zero-order chi connectivity index (χ0) is 14.0. The van der Waals surface area contributed by atoms with Crippen LogP contribution in [-0.2, 0) is 11.2 Å². The molecule has 0 aliphatic carbocycles. The summed E-state index contributed by atoms with van der Waals surface area (Å²) in [5.74, 6) is -0.344. The monoisotopic (exact) mass is 325 g/mol. The standard InChI is InChI=1S/C13H16BrN3O2/c1-13(2,3)12(18)19-17-11-5-4-9(6-7-14)8-10(11)15-16-17/h4-5,8H,6-7H2,1-3H3. The van der Waals surface area contributed by atoms with Gasteiger partial charge in [0.05, 0.1) is 5.41 Å². The number of fused-ring (bicyclic) bond motifs is 1. The van der Waals surface area contributed by atoms with Crippen LogP contribution in [0.2, 0.25) is 0 Å². The number of rotatable bonds is 3. The second-order valence-corrected chi connectivity index (χ2v) is 6.15. The summed E-state index contributed by atoms with van der Waals surface area (Å²) in [6, 6.07) is 5.79. The van der Waals surface area contributed by atoms with E-state index in [0.717, 1.165) is 17.3 Å². The minimum Gasteiger partial charge on any atom is -0.317 e. The molecule has 0 bridgehead atoms. The van der Waals surface area contributed by atoms with Crippen molar-refractivity contribution in [3.8, 4) is 0 Å². The average Bonchev–Trinajstić information content (AvgIpc) is 2.71. The highest BCUT2D eigenvalue weighted by Gasteiger charge is 2.25. The lowest BCUT2D eigenvalue weighted by atomic mass is 9.98. The van der Waals surface area contributed by atoms with Crippen molar-refractivity contribution >= 4 is 32.9 Å². The lowest BCUT2D eigenvalue weighted by molar-refractivity contribution is -0.154. The van der Waals surface area contributed by atoms with Crippen LogP contribution in [0.3, 0.4) is 0 Å². The zero-order valence-electron chi connectivity index (χ0n) is 11.2. The SMILES string of the molecule is CC(C)(C)C(=O)On1nnc2cc(CCBr)ccc21. The Balaban J connectivity index is 2.28. The third-order valence-corrected chi connectivity index (χ3v) is 3.04. The van der Waals surface area contributed by atoms with E-state index >= 15 is 0 Å². The molecule has 6 heteroatoms. The van der Waals surface area contributed by atoms with Gasteiger partial charge in [0.15, 0.2) is 0 Å². The van der Waals surface area contributed by atoms with Crippen LogP contribution in [0.25, 0.3) is 11.0 Å². The van der Waals surface area contributed by atoms with E-state index in [1.54, 1.807) is 20.8 Å². The molecular weight excluding hydrogens is 310 g/mol. The van der Waals surface area contributed by atoms with Crippen LogP contribution in [0.4, 0.5) is 0 Å². The first-order valence-electron chi connectivity index (χ1n) is 6.05. The quantitative estimate of drug-likeness (QED) is 0.642. The first-order chi connectivity index (χ1) is 8.91.